The zero-order valence-corrected chi connectivity index (χ0v) is 14.2. The Morgan fingerprint density at radius 3 is 2.24 bits per heavy atom. The van der Waals surface area contributed by atoms with Crippen molar-refractivity contribution in [2.24, 2.45) is 0 Å². The van der Waals surface area contributed by atoms with E-state index >= 15 is 0 Å². The Labute approximate surface area is 134 Å². The molecule has 0 spiro atoms. The molecule has 0 aliphatic heterocycles. The first-order valence-electron chi connectivity index (χ1n) is 6.84. The summed E-state index contributed by atoms with van der Waals surface area (Å²) in [6.45, 7) is 8.24. The van der Waals surface area contributed by atoms with Crippen molar-refractivity contribution in [3.8, 4) is 5.75 Å². The van der Waals surface area contributed by atoms with Crippen LogP contribution < -0.4 is 4.74 Å². The molecular formula is C17H19ClO2S. The summed E-state index contributed by atoms with van der Waals surface area (Å²) in [6.07, 6.45) is -0.528. The molecule has 0 aliphatic carbocycles. The molecule has 1 heterocycles. The van der Waals surface area contributed by atoms with E-state index in [1.807, 2.05) is 24.3 Å². The molecule has 1 aromatic carbocycles. The highest BCUT2D eigenvalue weighted by atomic mass is 35.5. The van der Waals surface area contributed by atoms with E-state index in [4.69, 9.17) is 16.3 Å². The average molecular weight is 323 g/mol. The zero-order chi connectivity index (χ0) is 15.6. The second-order valence-electron chi connectivity index (χ2n) is 6.00. The van der Waals surface area contributed by atoms with E-state index in [1.165, 1.54) is 16.9 Å². The number of Topliss-reactive ketones (excluding diaryl/α,β-unsaturated/α-hetero) is 1. The summed E-state index contributed by atoms with van der Waals surface area (Å²) in [5.41, 5.74) is 1.34. The van der Waals surface area contributed by atoms with E-state index in [1.54, 1.807) is 19.1 Å². The highest BCUT2D eigenvalue weighted by Crippen LogP contribution is 2.26. The fourth-order valence-electron chi connectivity index (χ4n) is 1.94. The lowest BCUT2D eigenvalue weighted by molar-refractivity contribution is 0.0822. The molecule has 0 amide bonds. The van der Waals surface area contributed by atoms with E-state index in [2.05, 4.69) is 20.8 Å². The van der Waals surface area contributed by atoms with Gasteiger partial charge in [0.15, 0.2) is 6.10 Å². The Hall–Kier alpha value is -1.32. The van der Waals surface area contributed by atoms with Crippen LogP contribution in [0.15, 0.2) is 36.4 Å². The molecule has 1 unspecified atom stereocenters. The molecule has 2 rings (SSSR count). The molecular weight excluding hydrogens is 304 g/mol. The van der Waals surface area contributed by atoms with Gasteiger partial charge in [0.05, 0.1) is 9.21 Å². The molecule has 0 radical (unpaired) electrons. The van der Waals surface area contributed by atoms with Gasteiger partial charge in [0, 0.05) is 0 Å². The number of hydrogen-bond donors (Lipinski definition) is 0. The highest BCUT2D eigenvalue weighted by Gasteiger charge is 2.19. The van der Waals surface area contributed by atoms with Gasteiger partial charge in [0.2, 0.25) is 5.78 Å². The lowest BCUT2D eigenvalue weighted by atomic mass is 9.87. The molecule has 112 valence electrons. The lowest BCUT2D eigenvalue weighted by Crippen LogP contribution is -2.23. The standard InChI is InChI=1S/C17H19ClO2S/c1-11(16(19)14-9-10-15(18)21-14)20-13-7-5-12(6-8-13)17(2,3)4/h5-11H,1-4H3. The van der Waals surface area contributed by atoms with Gasteiger partial charge in [-0.1, -0.05) is 44.5 Å². The number of ketones is 1. The largest absolute Gasteiger partial charge is 0.483 e. The van der Waals surface area contributed by atoms with Crippen LogP contribution in [0.3, 0.4) is 0 Å². The van der Waals surface area contributed by atoms with E-state index in [0.717, 1.165) is 0 Å². The number of benzene rings is 1. The average Bonchev–Trinajstić information content (AvgIpc) is 2.84. The van der Waals surface area contributed by atoms with E-state index in [-0.39, 0.29) is 11.2 Å². The molecule has 0 aliphatic rings. The van der Waals surface area contributed by atoms with Crippen molar-refractivity contribution in [3.05, 3.63) is 51.2 Å². The van der Waals surface area contributed by atoms with Crippen LogP contribution >= 0.6 is 22.9 Å². The fourth-order valence-corrected chi connectivity index (χ4v) is 3.00. The van der Waals surface area contributed by atoms with Crippen LogP contribution in [-0.4, -0.2) is 11.9 Å². The number of ether oxygens (including phenoxy) is 1. The highest BCUT2D eigenvalue weighted by molar-refractivity contribution is 7.18. The normalized spacial score (nSPS) is 13.0. The van der Waals surface area contributed by atoms with Gasteiger partial charge >= 0.3 is 0 Å². The molecule has 0 N–H and O–H groups in total. The van der Waals surface area contributed by atoms with Crippen molar-refractivity contribution in [1.29, 1.82) is 0 Å². The maximum absolute atomic E-state index is 12.2. The Kier molecular flexibility index (Phi) is 4.74. The van der Waals surface area contributed by atoms with E-state index in [9.17, 15) is 4.79 Å². The van der Waals surface area contributed by atoms with E-state index in [0.29, 0.717) is 15.0 Å². The third kappa shape index (κ3) is 4.08. The minimum absolute atomic E-state index is 0.0493. The number of carbonyl (C=O) groups excluding carboxylic acids is 1. The van der Waals surface area contributed by atoms with Crippen LogP contribution in [0.1, 0.15) is 42.9 Å². The predicted molar refractivity (Wildman–Crippen MR) is 88.9 cm³/mol. The van der Waals surface area contributed by atoms with Crippen LogP contribution in [0.25, 0.3) is 0 Å². The van der Waals surface area contributed by atoms with Crippen LogP contribution in [0.4, 0.5) is 0 Å². The number of carbonyl (C=O) groups is 1. The number of rotatable bonds is 4. The first kappa shape index (κ1) is 16.1. The third-order valence-corrected chi connectivity index (χ3v) is 4.46. The summed E-state index contributed by atoms with van der Waals surface area (Å²) in [4.78, 5) is 12.8. The third-order valence-electron chi connectivity index (χ3n) is 3.22. The quantitative estimate of drug-likeness (QED) is 0.709. The second-order valence-corrected chi connectivity index (χ2v) is 7.72. The number of hydrogen-bond acceptors (Lipinski definition) is 3. The first-order valence-corrected chi connectivity index (χ1v) is 8.03. The summed E-state index contributed by atoms with van der Waals surface area (Å²) >= 11 is 7.13. The monoisotopic (exact) mass is 322 g/mol. The van der Waals surface area contributed by atoms with Gasteiger partial charge in [-0.2, -0.15) is 0 Å². The van der Waals surface area contributed by atoms with Crippen molar-refractivity contribution in [3.63, 3.8) is 0 Å². The molecule has 0 saturated heterocycles. The maximum atomic E-state index is 12.2. The summed E-state index contributed by atoms with van der Waals surface area (Å²) in [7, 11) is 0. The summed E-state index contributed by atoms with van der Waals surface area (Å²) in [6, 6.07) is 11.4. The van der Waals surface area contributed by atoms with Crippen LogP contribution in [0, 0.1) is 0 Å². The Morgan fingerprint density at radius 1 is 1.14 bits per heavy atom. The topological polar surface area (TPSA) is 26.3 Å². The van der Waals surface area contributed by atoms with Crippen molar-refractivity contribution in [2.45, 2.75) is 39.2 Å². The molecule has 1 atom stereocenters. The molecule has 0 fully saturated rings. The minimum Gasteiger partial charge on any atom is -0.483 e. The summed E-state index contributed by atoms with van der Waals surface area (Å²) in [5, 5.41) is 0. The first-order chi connectivity index (χ1) is 9.77. The smallest absolute Gasteiger partial charge is 0.212 e. The van der Waals surface area contributed by atoms with Gasteiger partial charge in [-0.3, -0.25) is 4.79 Å². The van der Waals surface area contributed by atoms with Gasteiger partial charge in [0.1, 0.15) is 5.75 Å². The fraction of sp³-hybridized carbons (Fsp3) is 0.353. The van der Waals surface area contributed by atoms with Crippen LogP contribution in [0.2, 0.25) is 4.34 Å². The van der Waals surface area contributed by atoms with Crippen molar-refractivity contribution < 1.29 is 9.53 Å². The van der Waals surface area contributed by atoms with E-state index < -0.39 is 6.10 Å². The number of thiophene rings is 1. The Bertz CT molecular complexity index is 623. The molecule has 1 aromatic heterocycles. The molecule has 2 aromatic rings. The van der Waals surface area contributed by atoms with Gasteiger partial charge < -0.3 is 4.74 Å². The second kappa shape index (κ2) is 6.20. The van der Waals surface area contributed by atoms with Crippen molar-refractivity contribution in [2.75, 3.05) is 0 Å². The van der Waals surface area contributed by atoms with Gasteiger partial charge in [-0.15, -0.1) is 11.3 Å². The molecule has 21 heavy (non-hydrogen) atoms. The summed E-state index contributed by atoms with van der Waals surface area (Å²) in [5.74, 6) is 0.651. The van der Waals surface area contributed by atoms with Gasteiger partial charge in [-0.25, -0.2) is 0 Å². The van der Waals surface area contributed by atoms with Crippen LogP contribution in [0.5, 0.6) is 5.75 Å². The van der Waals surface area contributed by atoms with Gasteiger partial charge in [-0.05, 0) is 42.2 Å². The maximum Gasteiger partial charge on any atom is 0.212 e. The predicted octanol–water partition coefficient (Wildman–Crippen LogP) is 5.35. The molecule has 4 heteroatoms. The molecule has 0 bridgehead atoms. The summed E-state index contributed by atoms with van der Waals surface area (Å²) < 4.78 is 6.33. The van der Waals surface area contributed by atoms with Gasteiger partial charge in [0.25, 0.3) is 0 Å². The Balaban J connectivity index is 2.06. The Morgan fingerprint density at radius 2 is 1.76 bits per heavy atom. The zero-order valence-electron chi connectivity index (χ0n) is 12.6. The SMILES string of the molecule is CC(Oc1ccc(C(C)(C)C)cc1)C(=O)c1ccc(Cl)s1. The van der Waals surface area contributed by atoms with Crippen molar-refractivity contribution in [1.82, 2.24) is 0 Å². The number of halogens is 1. The molecule has 0 saturated carbocycles. The molecule has 2 nitrogen and oxygen atoms in total. The van der Waals surface area contributed by atoms with Crippen LogP contribution in [-0.2, 0) is 5.41 Å². The lowest BCUT2D eigenvalue weighted by Gasteiger charge is -2.20. The van der Waals surface area contributed by atoms with Crippen molar-refractivity contribution >= 4 is 28.7 Å². The minimum atomic E-state index is -0.528.